The molecule has 0 radical (unpaired) electrons. The molecule has 3 saturated carbocycles. The zero-order chi connectivity index (χ0) is 29.9. The summed E-state index contributed by atoms with van der Waals surface area (Å²) in [5, 5.41) is 4.37. The SMILES string of the molecule is CO/N=C1\CC[C@@]2(C)[C@H](CC[C@H]3[C@@H]4CC[C@@]5(CC(C)=C4C[C@@H]32)O[C@@H]2C[C@H](C)CN(C(=O)OCc3ccccc3)[C@H]2[C@H]5C)C1. The number of likely N-dealkylation sites (tertiary alicyclic amines) is 1. The maximum absolute atomic E-state index is 13.6. The number of oxime groups is 1. The van der Waals surface area contributed by atoms with Crippen LogP contribution >= 0.6 is 0 Å². The molecule has 0 N–H and O–H groups in total. The first kappa shape index (κ1) is 29.4. The topological polar surface area (TPSA) is 60.4 Å². The number of fused-ring (bicyclic) bond motifs is 6. The first-order valence-electron chi connectivity index (χ1n) is 17.1. The van der Waals surface area contributed by atoms with Crippen molar-refractivity contribution in [3.05, 3.63) is 47.0 Å². The molecule has 43 heavy (non-hydrogen) atoms. The Hall–Kier alpha value is -2.34. The average Bonchev–Trinajstić information content (AvgIpc) is 3.46. The van der Waals surface area contributed by atoms with Crippen molar-refractivity contribution in [1.29, 1.82) is 0 Å². The van der Waals surface area contributed by atoms with Gasteiger partial charge in [0, 0.05) is 12.5 Å². The van der Waals surface area contributed by atoms with Crippen LogP contribution in [0.5, 0.6) is 0 Å². The Morgan fingerprint density at radius 1 is 1.12 bits per heavy atom. The van der Waals surface area contributed by atoms with E-state index in [2.05, 4.69) is 32.9 Å². The molecule has 234 valence electrons. The molecule has 1 aromatic rings. The summed E-state index contributed by atoms with van der Waals surface area (Å²) in [5.41, 5.74) is 5.88. The van der Waals surface area contributed by atoms with Crippen molar-refractivity contribution in [2.75, 3.05) is 13.7 Å². The van der Waals surface area contributed by atoms with Crippen molar-refractivity contribution in [3.8, 4) is 0 Å². The molecular formula is C37H52N2O4. The maximum Gasteiger partial charge on any atom is 0.410 e. The number of piperidine rings is 1. The van der Waals surface area contributed by atoms with Crippen LogP contribution in [0.15, 0.2) is 46.6 Å². The number of benzene rings is 1. The summed E-state index contributed by atoms with van der Waals surface area (Å²) < 4.78 is 13.1. The Morgan fingerprint density at radius 2 is 1.93 bits per heavy atom. The van der Waals surface area contributed by atoms with Gasteiger partial charge in [-0.25, -0.2) is 4.79 Å². The fourth-order valence-electron chi connectivity index (χ4n) is 11.1. The van der Waals surface area contributed by atoms with Crippen molar-refractivity contribution < 1.29 is 19.1 Å². The lowest BCUT2D eigenvalue weighted by atomic mass is 9.52. The molecule has 2 aliphatic heterocycles. The van der Waals surface area contributed by atoms with Gasteiger partial charge in [-0.05, 0) is 112 Å². The molecule has 7 rings (SSSR count). The van der Waals surface area contributed by atoms with Crippen LogP contribution in [0.2, 0.25) is 0 Å². The van der Waals surface area contributed by atoms with Crippen LogP contribution in [-0.2, 0) is 20.9 Å². The van der Waals surface area contributed by atoms with E-state index in [1.807, 2.05) is 35.2 Å². The molecule has 10 atom stereocenters. The Balaban J connectivity index is 1.10. The fraction of sp³-hybridized carbons (Fsp3) is 0.730. The smallest absolute Gasteiger partial charge is 0.410 e. The monoisotopic (exact) mass is 588 g/mol. The molecule has 2 heterocycles. The summed E-state index contributed by atoms with van der Waals surface area (Å²) in [7, 11) is 1.68. The molecule has 1 aromatic carbocycles. The summed E-state index contributed by atoms with van der Waals surface area (Å²) in [6.07, 6.45) is 11.7. The summed E-state index contributed by atoms with van der Waals surface area (Å²) in [6.45, 7) is 10.7. The largest absolute Gasteiger partial charge is 0.445 e. The lowest BCUT2D eigenvalue weighted by Gasteiger charge is -2.52. The van der Waals surface area contributed by atoms with Gasteiger partial charge in [0.25, 0.3) is 0 Å². The third kappa shape index (κ3) is 4.94. The van der Waals surface area contributed by atoms with Gasteiger partial charge in [-0.3, -0.25) is 0 Å². The van der Waals surface area contributed by atoms with Gasteiger partial charge in [-0.1, -0.05) is 67.4 Å². The van der Waals surface area contributed by atoms with Crippen LogP contribution in [-0.4, -0.2) is 48.1 Å². The lowest BCUT2D eigenvalue weighted by Crippen LogP contribution is -2.54. The van der Waals surface area contributed by atoms with E-state index in [-0.39, 0.29) is 29.8 Å². The highest BCUT2D eigenvalue weighted by Crippen LogP contribution is 2.65. The van der Waals surface area contributed by atoms with E-state index in [9.17, 15) is 4.79 Å². The number of rotatable bonds is 3. The third-order valence-corrected chi connectivity index (χ3v) is 13.2. The number of allylic oxidation sites excluding steroid dienone is 1. The van der Waals surface area contributed by atoms with E-state index in [1.54, 1.807) is 18.3 Å². The molecule has 6 heteroatoms. The number of nitrogens with zero attached hydrogens (tertiary/aromatic N) is 2. The molecule has 0 unspecified atom stereocenters. The van der Waals surface area contributed by atoms with E-state index >= 15 is 0 Å². The van der Waals surface area contributed by atoms with Crippen LogP contribution in [0, 0.1) is 40.9 Å². The van der Waals surface area contributed by atoms with Crippen molar-refractivity contribution in [3.63, 3.8) is 0 Å². The second kappa shape index (κ2) is 11.2. The number of carbonyl (C=O) groups excluding carboxylic acids is 1. The average molecular weight is 589 g/mol. The molecule has 1 spiro atoms. The minimum absolute atomic E-state index is 0.0857. The van der Waals surface area contributed by atoms with Gasteiger partial charge in [0.05, 0.1) is 23.5 Å². The van der Waals surface area contributed by atoms with Crippen molar-refractivity contribution >= 4 is 11.8 Å². The second-order valence-corrected chi connectivity index (χ2v) is 15.5. The van der Waals surface area contributed by atoms with E-state index in [4.69, 9.17) is 14.3 Å². The first-order valence-corrected chi connectivity index (χ1v) is 17.1. The number of amides is 1. The zero-order valence-corrected chi connectivity index (χ0v) is 27.0. The zero-order valence-electron chi connectivity index (χ0n) is 27.0. The van der Waals surface area contributed by atoms with Gasteiger partial charge in [-0.15, -0.1) is 0 Å². The fourth-order valence-corrected chi connectivity index (χ4v) is 11.1. The Labute approximate surface area is 258 Å². The second-order valence-electron chi connectivity index (χ2n) is 15.5. The Morgan fingerprint density at radius 3 is 2.72 bits per heavy atom. The highest BCUT2D eigenvalue weighted by molar-refractivity contribution is 5.85. The van der Waals surface area contributed by atoms with Crippen LogP contribution in [0.25, 0.3) is 0 Å². The standard InChI is InChI=1S/C37H52N2O4/c1-23-17-33-34(39(21-23)35(40)42-22-26-9-7-6-8-10-26)25(3)37(43-33)16-14-29-30-12-11-27-18-28(38-41-5)13-15-36(27,4)32(30)19-31(29)24(2)20-37/h6-10,23,25,27,29-30,32-34H,11-22H2,1-5H3/b38-28+/t23-,25+,27+,29-,30-,32-,33+,34-,36-,37-/m0/s1. The number of carbonyl (C=O) groups is 1. The maximum atomic E-state index is 13.6. The normalized spacial score (nSPS) is 43.1. The van der Waals surface area contributed by atoms with Crippen LogP contribution in [0.4, 0.5) is 4.79 Å². The van der Waals surface area contributed by atoms with E-state index in [0.29, 0.717) is 23.9 Å². The van der Waals surface area contributed by atoms with Gasteiger partial charge in [0.2, 0.25) is 0 Å². The summed E-state index contributed by atoms with van der Waals surface area (Å²) in [6, 6.07) is 10.1. The van der Waals surface area contributed by atoms with E-state index < -0.39 is 0 Å². The Bertz CT molecular complexity index is 1280. The molecular weight excluding hydrogens is 536 g/mol. The molecule has 2 saturated heterocycles. The lowest BCUT2D eigenvalue weighted by molar-refractivity contribution is -0.0794. The molecule has 5 fully saturated rings. The quantitative estimate of drug-likeness (QED) is 0.264. The molecule has 6 nitrogen and oxygen atoms in total. The molecule has 0 bridgehead atoms. The van der Waals surface area contributed by atoms with Crippen molar-refractivity contribution in [2.24, 2.45) is 46.1 Å². The summed E-state index contributed by atoms with van der Waals surface area (Å²) in [5.74, 6) is 3.70. The minimum Gasteiger partial charge on any atom is -0.445 e. The summed E-state index contributed by atoms with van der Waals surface area (Å²) >= 11 is 0. The van der Waals surface area contributed by atoms with Crippen molar-refractivity contribution in [2.45, 2.75) is 116 Å². The van der Waals surface area contributed by atoms with Crippen LogP contribution in [0.3, 0.4) is 0 Å². The predicted molar refractivity (Wildman–Crippen MR) is 168 cm³/mol. The molecule has 0 aromatic heterocycles. The third-order valence-electron chi connectivity index (χ3n) is 13.2. The van der Waals surface area contributed by atoms with Gasteiger partial charge < -0.3 is 19.2 Å². The van der Waals surface area contributed by atoms with Gasteiger partial charge >= 0.3 is 6.09 Å². The first-order chi connectivity index (χ1) is 20.7. The molecule has 6 aliphatic rings. The van der Waals surface area contributed by atoms with Crippen LogP contribution in [0.1, 0.15) is 97.5 Å². The van der Waals surface area contributed by atoms with Crippen LogP contribution < -0.4 is 0 Å². The highest BCUT2D eigenvalue weighted by Gasteiger charge is 2.60. The Kier molecular flexibility index (Phi) is 7.67. The minimum atomic E-state index is -0.189. The number of hydrogen-bond donors (Lipinski definition) is 0. The molecule has 1 amide bonds. The molecule has 4 aliphatic carbocycles. The van der Waals surface area contributed by atoms with Gasteiger partial charge in [-0.2, -0.15) is 0 Å². The van der Waals surface area contributed by atoms with E-state index in [1.165, 1.54) is 37.8 Å². The number of hydrogen-bond acceptors (Lipinski definition) is 5. The number of ether oxygens (including phenoxy) is 2. The van der Waals surface area contributed by atoms with Gasteiger partial charge in [0.1, 0.15) is 13.7 Å². The summed E-state index contributed by atoms with van der Waals surface area (Å²) in [4.78, 5) is 20.8. The van der Waals surface area contributed by atoms with Crippen molar-refractivity contribution in [1.82, 2.24) is 4.90 Å². The highest BCUT2D eigenvalue weighted by atomic mass is 16.6. The van der Waals surface area contributed by atoms with E-state index in [0.717, 1.165) is 62.0 Å². The van der Waals surface area contributed by atoms with Gasteiger partial charge in [0.15, 0.2) is 0 Å². The predicted octanol–water partition coefficient (Wildman–Crippen LogP) is 8.16.